The number of rotatable bonds is 2. The number of likely N-dealkylation sites (tertiary alicyclic amines) is 1. The van der Waals surface area contributed by atoms with Crippen molar-refractivity contribution in [1.29, 1.82) is 0 Å². The highest BCUT2D eigenvalue weighted by atomic mass is 16.5. The van der Waals surface area contributed by atoms with Crippen molar-refractivity contribution in [2.75, 3.05) is 26.2 Å². The molecule has 0 aromatic heterocycles. The van der Waals surface area contributed by atoms with Crippen LogP contribution in [0.1, 0.15) is 20.3 Å². The molecule has 0 bridgehead atoms. The summed E-state index contributed by atoms with van der Waals surface area (Å²) in [5.41, 5.74) is 0. The fourth-order valence-corrected chi connectivity index (χ4v) is 2.64. The standard InChI is InChI=1S/C12H20N2O4/c1-8-4-13(5-9(2)18-8)12(17)14-6-10(7-14)3-11(15)16/h8-10H,3-7H2,1-2H3,(H,15,16). The van der Waals surface area contributed by atoms with Gasteiger partial charge >= 0.3 is 12.0 Å². The quantitative estimate of drug-likeness (QED) is 0.786. The molecule has 0 aliphatic carbocycles. The lowest BCUT2D eigenvalue weighted by Crippen LogP contribution is -2.59. The molecule has 18 heavy (non-hydrogen) atoms. The number of hydrogen-bond donors (Lipinski definition) is 1. The van der Waals surface area contributed by atoms with Gasteiger partial charge in [-0.1, -0.05) is 0 Å². The second kappa shape index (κ2) is 5.14. The summed E-state index contributed by atoms with van der Waals surface area (Å²) in [6, 6.07) is 0.0126. The van der Waals surface area contributed by atoms with Crippen molar-refractivity contribution in [3.8, 4) is 0 Å². The van der Waals surface area contributed by atoms with Crippen LogP contribution in [0.5, 0.6) is 0 Å². The van der Waals surface area contributed by atoms with Crippen LogP contribution in [0, 0.1) is 5.92 Å². The van der Waals surface area contributed by atoms with E-state index < -0.39 is 5.97 Å². The van der Waals surface area contributed by atoms with Crippen LogP contribution in [0.3, 0.4) is 0 Å². The Balaban J connectivity index is 1.80. The third-order valence-electron chi connectivity index (χ3n) is 3.38. The van der Waals surface area contributed by atoms with Crippen LogP contribution in [-0.4, -0.2) is 65.3 Å². The van der Waals surface area contributed by atoms with Crippen molar-refractivity contribution in [2.45, 2.75) is 32.5 Å². The number of carboxylic acid groups (broad SMARTS) is 1. The van der Waals surface area contributed by atoms with Crippen LogP contribution >= 0.6 is 0 Å². The first-order valence-electron chi connectivity index (χ1n) is 6.36. The number of hydrogen-bond acceptors (Lipinski definition) is 3. The van der Waals surface area contributed by atoms with E-state index in [1.54, 1.807) is 9.80 Å². The van der Waals surface area contributed by atoms with Crippen LogP contribution in [0.4, 0.5) is 4.79 Å². The number of ether oxygens (including phenoxy) is 1. The van der Waals surface area contributed by atoms with Gasteiger partial charge in [0, 0.05) is 32.1 Å². The fraction of sp³-hybridized carbons (Fsp3) is 0.833. The van der Waals surface area contributed by atoms with Crippen molar-refractivity contribution < 1.29 is 19.4 Å². The summed E-state index contributed by atoms with van der Waals surface area (Å²) >= 11 is 0. The number of nitrogens with zero attached hydrogens (tertiary/aromatic N) is 2. The van der Waals surface area contributed by atoms with Crippen molar-refractivity contribution in [2.24, 2.45) is 5.92 Å². The topological polar surface area (TPSA) is 70.1 Å². The number of carbonyl (C=O) groups is 2. The molecule has 2 rings (SSSR count). The van der Waals surface area contributed by atoms with Crippen LogP contribution in [0.15, 0.2) is 0 Å². The van der Waals surface area contributed by atoms with E-state index in [-0.39, 0.29) is 30.6 Å². The summed E-state index contributed by atoms with van der Waals surface area (Å²) in [5.74, 6) is -0.678. The van der Waals surface area contributed by atoms with Gasteiger partial charge in [0.2, 0.25) is 0 Å². The van der Waals surface area contributed by atoms with E-state index in [2.05, 4.69) is 0 Å². The van der Waals surface area contributed by atoms with Crippen LogP contribution in [-0.2, 0) is 9.53 Å². The highest BCUT2D eigenvalue weighted by molar-refractivity contribution is 5.76. The average molecular weight is 256 g/mol. The predicted octanol–water partition coefficient (Wildman–Crippen LogP) is 0.622. The van der Waals surface area contributed by atoms with Gasteiger partial charge in [0.25, 0.3) is 0 Å². The van der Waals surface area contributed by atoms with E-state index in [0.717, 1.165) is 0 Å². The lowest BCUT2D eigenvalue weighted by molar-refractivity contribution is -0.139. The summed E-state index contributed by atoms with van der Waals surface area (Å²) in [5, 5.41) is 8.66. The zero-order valence-electron chi connectivity index (χ0n) is 10.8. The van der Waals surface area contributed by atoms with Gasteiger partial charge in [-0.15, -0.1) is 0 Å². The highest BCUT2D eigenvalue weighted by Crippen LogP contribution is 2.22. The van der Waals surface area contributed by atoms with Crippen molar-refractivity contribution in [3.05, 3.63) is 0 Å². The molecule has 2 aliphatic heterocycles. The van der Waals surface area contributed by atoms with Gasteiger partial charge in [0.1, 0.15) is 0 Å². The maximum absolute atomic E-state index is 12.2. The molecule has 6 heteroatoms. The van der Waals surface area contributed by atoms with Crippen molar-refractivity contribution >= 4 is 12.0 Å². The zero-order chi connectivity index (χ0) is 13.3. The molecule has 0 saturated carbocycles. The molecule has 0 aromatic carbocycles. The molecular weight excluding hydrogens is 236 g/mol. The smallest absolute Gasteiger partial charge is 0.320 e. The summed E-state index contributed by atoms with van der Waals surface area (Å²) in [4.78, 5) is 26.2. The van der Waals surface area contributed by atoms with E-state index in [1.165, 1.54) is 0 Å². The summed E-state index contributed by atoms with van der Waals surface area (Å²) in [7, 11) is 0. The van der Waals surface area contributed by atoms with E-state index in [4.69, 9.17) is 9.84 Å². The Kier molecular flexibility index (Phi) is 3.75. The third-order valence-corrected chi connectivity index (χ3v) is 3.38. The monoisotopic (exact) mass is 256 g/mol. The fourth-order valence-electron chi connectivity index (χ4n) is 2.64. The number of carbonyl (C=O) groups excluding carboxylic acids is 1. The zero-order valence-corrected chi connectivity index (χ0v) is 10.8. The van der Waals surface area contributed by atoms with Gasteiger partial charge in [-0.3, -0.25) is 4.79 Å². The lowest BCUT2D eigenvalue weighted by Gasteiger charge is -2.44. The molecule has 0 radical (unpaired) electrons. The number of urea groups is 1. The minimum Gasteiger partial charge on any atom is -0.481 e. The van der Waals surface area contributed by atoms with Gasteiger partial charge in [-0.05, 0) is 13.8 Å². The second-order valence-corrected chi connectivity index (χ2v) is 5.31. The average Bonchev–Trinajstić information content (AvgIpc) is 2.20. The molecule has 0 spiro atoms. The summed E-state index contributed by atoms with van der Waals surface area (Å²) < 4.78 is 5.58. The van der Waals surface area contributed by atoms with E-state index in [0.29, 0.717) is 26.2 Å². The Bertz CT molecular complexity index is 331. The normalized spacial score (nSPS) is 29.0. The van der Waals surface area contributed by atoms with Crippen LogP contribution < -0.4 is 0 Å². The Morgan fingerprint density at radius 3 is 2.11 bits per heavy atom. The summed E-state index contributed by atoms with van der Waals surface area (Å²) in [6.45, 7) is 6.27. The molecule has 0 aromatic rings. The molecule has 2 unspecified atom stereocenters. The Hall–Kier alpha value is -1.30. The number of aliphatic carboxylic acids is 1. The molecule has 2 amide bonds. The van der Waals surface area contributed by atoms with E-state index >= 15 is 0 Å². The Labute approximate surface area is 106 Å². The number of morpholine rings is 1. The van der Waals surface area contributed by atoms with Gasteiger partial charge < -0.3 is 19.6 Å². The first kappa shape index (κ1) is 13.1. The molecule has 2 fully saturated rings. The molecule has 2 saturated heterocycles. The molecule has 102 valence electrons. The van der Waals surface area contributed by atoms with Crippen molar-refractivity contribution in [3.63, 3.8) is 0 Å². The van der Waals surface area contributed by atoms with Crippen LogP contribution in [0.25, 0.3) is 0 Å². The minimum atomic E-state index is -0.791. The first-order chi connectivity index (χ1) is 8.45. The second-order valence-electron chi connectivity index (χ2n) is 5.31. The van der Waals surface area contributed by atoms with Crippen LogP contribution in [0.2, 0.25) is 0 Å². The molecule has 2 aliphatic rings. The largest absolute Gasteiger partial charge is 0.481 e. The molecule has 2 heterocycles. The number of carboxylic acids is 1. The molecule has 6 nitrogen and oxygen atoms in total. The number of amides is 2. The van der Waals surface area contributed by atoms with Gasteiger partial charge in [-0.2, -0.15) is 0 Å². The van der Waals surface area contributed by atoms with Gasteiger partial charge in [0.05, 0.1) is 18.6 Å². The maximum atomic E-state index is 12.2. The SMILES string of the molecule is CC1CN(C(=O)N2CC(CC(=O)O)C2)CC(C)O1. The maximum Gasteiger partial charge on any atom is 0.320 e. The van der Waals surface area contributed by atoms with Gasteiger partial charge in [-0.25, -0.2) is 4.79 Å². The summed E-state index contributed by atoms with van der Waals surface area (Å²) in [6.07, 6.45) is 0.280. The Morgan fingerprint density at radius 1 is 1.11 bits per heavy atom. The minimum absolute atomic E-state index is 0.0126. The van der Waals surface area contributed by atoms with Crippen molar-refractivity contribution in [1.82, 2.24) is 9.80 Å². The third kappa shape index (κ3) is 2.93. The van der Waals surface area contributed by atoms with E-state index in [1.807, 2.05) is 13.8 Å². The molecule has 1 N–H and O–H groups in total. The first-order valence-corrected chi connectivity index (χ1v) is 6.36. The predicted molar refractivity (Wildman–Crippen MR) is 64.3 cm³/mol. The molecular formula is C12H20N2O4. The highest BCUT2D eigenvalue weighted by Gasteiger charge is 2.36. The molecule has 2 atom stereocenters. The van der Waals surface area contributed by atoms with Gasteiger partial charge in [0.15, 0.2) is 0 Å². The Morgan fingerprint density at radius 2 is 1.61 bits per heavy atom. The van der Waals surface area contributed by atoms with E-state index in [9.17, 15) is 9.59 Å². The lowest BCUT2D eigenvalue weighted by atomic mass is 9.97.